The van der Waals surface area contributed by atoms with Crippen LogP contribution in [0.1, 0.15) is 43.4 Å². The van der Waals surface area contributed by atoms with Crippen LogP contribution in [0.15, 0.2) is 54.1 Å². The van der Waals surface area contributed by atoms with Gasteiger partial charge >= 0.3 is 0 Å². The Bertz CT molecular complexity index is 1110. The number of morpholine rings is 1. The highest BCUT2D eigenvalue weighted by Gasteiger charge is 2.46. The van der Waals surface area contributed by atoms with Crippen molar-refractivity contribution in [3.8, 4) is 11.5 Å². The lowest BCUT2D eigenvalue weighted by atomic mass is 9.95. The minimum absolute atomic E-state index is 0.0836. The van der Waals surface area contributed by atoms with Crippen LogP contribution in [0.4, 0.5) is 0 Å². The molecule has 2 fully saturated rings. The molecule has 0 bridgehead atoms. The molecule has 37 heavy (non-hydrogen) atoms. The molecule has 8 nitrogen and oxygen atoms in total. The summed E-state index contributed by atoms with van der Waals surface area (Å²) in [6, 6.07) is 13.5. The normalized spacial score (nSPS) is 19.8. The third-order valence-electron chi connectivity index (χ3n) is 6.85. The number of aliphatic hydroxyl groups is 1. The second-order valence-corrected chi connectivity index (χ2v) is 9.30. The van der Waals surface area contributed by atoms with Gasteiger partial charge in [-0.1, -0.05) is 31.9 Å². The number of unbranched alkanes of at least 4 members (excludes halogenated alkanes) is 2. The predicted molar refractivity (Wildman–Crippen MR) is 141 cm³/mol. The van der Waals surface area contributed by atoms with Gasteiger partial charge in [0.25, 0.3) is 11.7 Å². The Kier molecular flexibility index (Phi) is 9.19. The fourth-order valence-electron chi connectivity index (χ4n) is 4.75. The van der Waals surface area contributed by atoms with E-state index in [4.69, 9.17) is 14.2 Å². The second-order valence-electron chi connectivity index (χ2n) is 9.30. The highest BCUT2D eigenvalue weighted by atomic mass is 16.5. The lowest BCUT2D eigenvalue weighted by Crippen LogP contribution is -2.42. The van der Waals surface area contributed by atoms with Crippen molar-refractivity contribution >= 4 is 17.4 Å². The first-order valence-electron chi connectivity index (χ1n) is 13.0. The molecule has 0 spiro atoms. The molecule has 0 radical (unpaired) electrons. The van der Waals surface area contributed by atoms with Crippen LogP contribution in [-0.2, 0) is 14.3 Å². The number of rotatable bonds is 11. The van der Waals surface area contributed by atoms with Gasteiger partial charge in [-0.15, -0.1) is 0 Å². The second kappa shape index (κ2) is 12.7. The Morgan fingerprint density at radius 3 is 2.49 bits per heavy atom. The number of aliphatic hydroxyl groups excluding tert-OH is 1. The molecule has 2 aromatic carbocycles. The van der Waals surface area contributed by atoms with E-state index >= 15 is 0 Å². The van der Waals surface area contributed by atoms with Crippen LogP contribution in [0, 0.1) is 0 Å². The molecule has 198 valence electrons. The van der Waals surface area contributed by atoms with E-state index in [1.54, 1.807) is 36.3 Å². The van der Waals surface area contributed by atoms with Gasteiger partial charge in [0.1, 0.15) is 17.3 Å². The summed E-state index contributed by atoms with van der Waals surface area (Å²) in [5.41, 5.74) is 1.26. The van der Waals surface area contributed by atoms with E-state index in [0.29, 0.717) is 50.0 Å². The zero-order valence-corrected chi connectivity index (χ0v) is 21.7. The number of Topliss-reactive ketones (excluding diaryl/α,β-unsaturated/α-hetero) is 1. The Morgan fingerprint density at radius 2 is 1.78 bits per heavy atom. The average molecular weight is 509 g/mol. The average Bonchev–Trinajstić information content (AvgIpc) is 3.19. The summed E-state index contributed by atoms with van der Waals surface area (Å²) in [4.78, 5) is 30.4. The van der Waals surface area contributed by atoms with Crippen molar-refractivity contribution in [3.05, 3.63) is 65.2 Å². The lowest BCUT2D eigenvalue weighted by molar-refractivity contribution is -0.140. The van der Waals surface area contributed by atoms with Crippen molar-refractivity contribution in [1.82, 2.24) is 9.80 Å². The molecular formula is C29H36N2O6. The number of ketones is 1. The molecule has 2 heterocycles. The molecule has 0 aliphatic carbocycles. The maximum atomic E-state index is 13.3. The van der Waals surface area contributed by atoms with Crippen LogP contribution in [0.5, 0.6) is 11.5 Å². The number of amides is 1. The van der Waals surface area contributed by atoms with Gasteiger partial charge in [0, 0.05) is 31.7 Å². The van der Waals surface area contributed by atoms with Crippen molar-refractivity contribution in [3.63, 3.8) is 0 Å². The van der Waals surface area contributed by atoms with Gasteiger partial charge in [0.05, 0.1) is 38.5 Å². The standard InChI is InChI=1S/C29H36N2O6/c1-3-4-5-17-37-24-8-6-7-22(20-24)26-25(27(32)21-9-11-23(35-2)12-10-21)28(33)29(34)31(26)14-13-30-15-18-36-19-16-30/h6-12,20,26,32H,3-5,13-19H2,1-2H3/b27-25+. The number of carbonyl (C=O) groups is 2. The summed E-state index contributed by atoms with van der Waals surface area (Å²) in [5.74, 6) is -0.185. The minimum Gasteiger partial charge on any atom is -0.507 e. The third kappa shape index (κ3) is 6.32. The number of likely N-dealkylation sites (tertiary alicyclic amines) is 1. The Hall–Kier alpha value is -3.36. The summed E-state index contributed by atoms with van der Waals surface area (Å²) in [6.45, 7) is 6.57. The maximum Gasteiger partial charge on any atom is 0.295 e. The molecule has 8 heteroatoms. The van der Waals surface area contributed by atoms with Gasteiger partial charge in [-0.25, -0.2) is 0 Å². The molecule has 2 aromatic rings. The van der Waals surface area contributed by atoms with Crippen LogP contribution in [0.3, 0.4) is 0 Å². The summed E-state index contributed by atoms with van der Waals surface area (Å²) < 4.78 is 16.6. The van der Waals surface area contributed by atoms with E-state index in [1.165, 1.54) is 0 Å². The summed E-state index contributed by atoms with van der Waals surface area (Å²) >= 11 is 0. The fraction of sp³-hybridized carbons (Fsp3) is 0.448. The SMILES string of the molecule is CCCCCOc1cccc(C2/C(=C(\O)c3ccc(OC)cc3)C(=O)C(=O)N2CCN2CCOCC2)c1. The van der Waals surface area contributed by atoms with Crippen LogP contribution in [-0.4, -0.2) is 79.7 Å². The number of benzene rings is 2. The van der Waals surface area contributed by atoms with Gasteiger partial charge in [-0.3, -0.25) is 14.5 Å². The molecular weight excluding hydrogens is 472 g/mol. The quantitative estimate of drug-likeness (QED) is 0.212. The molecule has 0 saturated carbocycles. The molecule has 2 aliphatic rings. The lowest BCUT2D eigenvalue weighted by Gasteiger charge is -2.31. The highest BCUT2D eigenvalue weighted by molar-refractivity contribution is 6.46. The van der Waals surface area contributed by atoms with Crippen molar-refractivity contribution < 1.29 is 28.9 Å². The first-order valence-corrected chi connectivity index (χ1v) is 13.0. The summed E-state index contributed by atoms with van der Waals surface area (Å²) in [6.07, 6.45) is 3.14. The number of hydrogen-bond donors (Lipinski definition) is 1. The number of ether oxygens (including phenoxy) is 3. The Morgan fingerprint density at radius 1 is 1.03 bits per heavy atom. The largest absolute Gasteiger partial charge is 0.507 e. The highest BCUT2D eigenvalue weighted by Crippen LogP contribution is 2.40. The van der Waals surface area contributed by atoms with E-state index in [0.717, 1.165) is 37.9 Å². The third-order valence-corrected chi connectivity index (χ3v) is 6.85. The van der Waals surface area contributed by atoms with E-state index in [9.17, 15) is 14.7 Å². The summed E-state index contributed by atoms with van der Waals surface area (Å²) in [7, 11) is 1.56. The number of nitrogens with zero attached hydrogens (tertiary/aromatic N) is 2. The van der Waals surface area contributed by atoms with Crippen molar-refractivity contribution in [2.75, 3.05) is 53.1 Å². The van der Waals surface area contributed by atoms with Gasteiger partial charge in [0.15, 0.2) is 0 Å². The molecule has 1 amide bonds. The molecule has 2 saturated heterocycles. The number of methoxy groups -OCH3 is 1. The fourth-order valence-corrected chi connectivity index (χ4v) is 4.75. The van der Waals surface area contributed by atoms with E-state index in [-0.39, 0.29) is 11.3 Å². The number of carbonyl (C=O) groups excluding carboxylic acids is 2. The van der Waals surface area contributed by atoms with Crippen LogP contribution in [0.2, 0.25) is 0 Å². The molecule has 1 atom stereocenters. The molecule has 1 N–H and O–H groups in total. The maximum absolute atomic E-state index is 13.3. The number of hydrogen-bond acceptors (Lipinski definition) is 7. The first kappa shape index (κ1) is 26.7. The van der Waals surface area contributed by atoms with Crippen molar-refractivity contribution in [2.24, 2.45) is 0 Å². The van der Waals surface area contributed by atoms with E-state index in [2.05, 4.69) is 11.8 Å². The molecule has 2 aliphatic heterocycles. The zero-order valence-electron chi connectivity index (χ0n) is 21.7. The topological polar surface area (TPSA) is 88.5 Å². The van der Waals surface area contributed by atoms with Crippen molar-refractivity contribution in [1.29, 1.82) is 0 Å². The van der Waals surface area contributed by atoms with E-state index < -0.39 is 17.7 Å². The van der Waals surface area contributed by atoms with E-state index in [1.807, 2.05) is 24.3 Å². The molecule has 4 rings (SSSR count). The van der Waals surface area contributed by atoms with Crippen LogP contribution in [0.25, 0.3) is 5.76 Å². The van der Waals surface area contributed by atoms with Gasteiger partial charge < -0.3 is 24.2 Å². The van der Waals surface area contributed by atoms with Gasteiger partial charge in [-0.05, 0) is 48.4 Å². The van der Waals surface area contributed by atoms with Gasteiger partial charge in [0.2, 0.25) is 0 Å². The van der Waals surface area contributed by atoms with Crippen LogP contribution < -0.4 is 9.47 Å². The predicted octanol–water partition coefficient (Wildman–Crippen LogP) is 4.02. The Balaban J connectivity index is 1.68. The minimum atomic E-state index is -0.720. The monoisotopic (exact) mass is 508 g/mol. The first-order chi connectivity index (χ1) is 18.0. The van der Waals surface area contributed by atoms with Crippen LogP contribution >= 0.6 is 0 Å². The molecule has 1 unspecified atom stereocenters. The molecule has 0 aromatic heterocycles. The Labute approximate surface area is 218 Å². The van der Waals surface area contributed by atoms with Gasteiger partial charge in [-0.2, -0.15) is 0 Å². The zero-order chi connectivity index (χ0) is 26.2. The summed E-state index contributed by atoms with van der Waals surface area (Å²) in [5, 5.41) is 11.3. The van der Waals surface area contributed by atoms with Crippen molar-refractivity contribution in [2.45, 2.75) is 32.2 Å². The smallest absolute Gasteiger partial charge is 0.295 e.